The lowest BCUT2D eigenvalue weighted by Crippen LogP contribution is -2.43. The predicted molar refractivity (Wildman–Crippen MR) is 61.3 cm³/mol. The van der Waals surface area contributed by atoms with E-state index in [9.17, 15) is 4.79 Å². The zero-order chi connectivity index (χ0) is 12.1. The summed E-state index contributed by atoms with van der Waals surface area (Å²) in [6, 6.07) is -0.273. The van der Waals surface area contributed by atoms with Crippen molar-refractivity contribution in [3.05, 3.63) is 11.1 Å². The predicted octanol–water partition coefficient (Wildman–Crippen LogP) is 0.463. The van der Waals surface area contributed by atoms with Gasteiger partial charge in [-0.1, -0.05) is 0 Å². The number of anilines is 1. The minimum Gasteiger partial charge on any atom is -0.375 e. The van der Waals surface area contributed by atoms with Crippen LogP contribution in [0.1, 0.15) is 17.4 Å². The van der Waals surface area contributed by atoms with Gasteiger partial charge in [0.2, 0.25) is 0 Å². The number of rotatable bonds is 5. The number of ether oxygens (including phenoxy) is 2. The summed E-state index contributed by atoms with van der Waals surface area (Å²) in [5.41, 5.74) is 5.74. The number of nitrogens with two attached hydrogens (primary N) is 1. The maximum atomic E-state index is 11.7. The molecule has 0 fully saturated rings. The monoisotopic (exact) mass is 245 g/mol. The SMILES string of the molecule is COC(OC)C(C)NC(=O)c1csc(N)n1. The minimum absolute atomic E-state index is 0.273. The zero-order valence-corrected chi connectivity index (χ0v) is 10.2. The molecule has 1 aromatic rings. The van der Waals surface area contributed by atoms with E-state index in [1.54, 1.807) is 12.3 Å². The molecule has 0 saturated carbocycles. The molecule has 6 nitrogen and oxygen atoms in total. The van der Waals surface area contributed by atoms with Crippen LogP contribution in [0.5, 0.6) is 0 Å². The zero-order valence-electron chi connectivity index (χ0n) is 9.39. The third-order valence-corrected chi connectivity index (χ3v) is 2.66. The molecule has 0 aliphatic heterocycles. The number of methoxy groups -OCH3 is 2. The van der Waals surface area contributed by atoms with Crippen LogP contribution in [-0.4, -0.2) is 37.4 Å². The maximum absolute atomic E-state index is 11.7. The molecular weight excluding hydrogens is 230 g/mol. The molecule has 0 radical (unpaired) electrons. The first kappa shape index (κ1) is 12.9. The van der Waals surface area contributed by atoms with Crippen LogP contribution in [0.3, 0.4) is 0 Å². The van der Waals surface area contributed by atoms with Gasteiger partial charge in [-0.25, -0.2) is 4.98 Å². The third-order valence-electron chi connectivity index (χ3n) is 1.99. The van der Waals surface area contributed by atoms with Crippen molar-refractivity contribution in [2.75, 3.05) is 20.0 Å². The summed E-state index contributed by atoms with van der Waals surface area (Å²) in [6.45, 7) is 1.78. The second-order valence-corrected chi connectivity index (χ2v) is 4.06. The van der Waals surface area contributed by atoms with Crippen molar-refractivity contribution < 1.29 is 14.3 Å². The number of carbonyl (C=O) groups excluding carboxylic acids is 1. The van der Waals surface area contributed by atoms with Gasteiger partial charge in [0, 0.05) is 19.6 Å². The van der Waals surface area contributed by atoms with Crippen LogP contribution in [0.2, 0.25) is 0 Å². The summed E-state index contributed by atoms with van der Waals surface area (Å²) in [6.07, 6.45) is -0.486. The number of hydrogen-bond donors (Lipinski definition) is 2. The van der Waals surface area contributed by atoms with Crippen molar-refractivity contribution in [1.82, 2.24) is 10.3 Å². The number of carbonyl (C=O) groups is 1. The summed E-state index contributed by atoms with van der Waals surface area (Å²) in [4.78, 5) is 15.5. The van der Waals surface area contributed by atoms with Gasteiger partial charge in [0.25, 0.3) is 5.91 Å². The molecule has 90 valence electrons. The standard InChI is InChI=1S/C9H15N3O3S/c1-5(8(14-2)15-3)11-7(13)6-4-16-9(10)12-6/h4-5,8H,1-3H3,(H2,10,12)(H,11,13). The van der Waals surface area contributed by atoms with E-state index in [1.807, 2.05) is 0 Å². The highest BCUT2D eigenvalue weighted by molar-refractivity contribution is 7.13. The summed E-state index contributed by atoms with van der Waals surface area (Å²) >= 11 is 1.22. The van der Waals surface area contributed by atoms with Crippen molar-refractivity contribution in [1.29, 1.82) is 0 Å². The van der Waals surface area contributed by atoms with Crippen LogP contribution in [0.15, 0.2) is 5.38 Å². The number of nitrogens with one attached hydrogen (secondary N) is 1. The lowest BCUT2D eigenvalue weighted by Gasteiger charge is -2.21. The topological polar surface area (TPSA) is 86.5 Å². The smallest absolute Gasteiger partial charge is 0.271 e. The lowest BCUT2D eigenvalue weighted by atomic mass is 10.3. The van der Waals surface area contributed by atoms with E-state index in [2.05, 4.69) is 10.3 Å². The second kappa shape index (κ2) is 5.78. The number of thiazole rings is 1. The highest BCUT2D eigenvalue weighted by Crippen LogP contribution is 2.11. The highest BCUT2D eigenvalue weighted by atomic mass is 32.1. The number of hydrogen-bond acceptors (Lipinski definition) is 6. The summed E-state index contributed by atoms with van der Waals surface area (Å²) < 4.78 is 10.0. The summed E-state index contributed by atoms with van der Waals surface area (Å²) in [5.74, 6) is -0.292. The van der Waals surface area contributed by atoms with Crippen LogP contribution in [0.25, 0.3) is 0 Å². The van der Waals surface area contributed by atoms with Crippen LogP contribution < -0.4 is 11.1 Å². The molecule has 1 rings (SSSR count). The Bertz CT molecular complexity index is 352. The number of nitrogen functional groups attached to an aromatic ring is 1. The van der Waals surface area contributed by atoms with Gasteiger partial charge in [-0.3, -0.25) is 4.79 Å². The first-order valence-electron chi connectivity index (χ1n) is 4.66. The third kappa shape index (κ3) is 3.16. The normalized spacial score (nSPS) is 12.8. The van der Waals surface area contributed by atoms with E-state index >= 15 is 0 Å². The summed E-state index contributed by atoms with van der Waals surface area (Å²) in [7, 11) is 3.02. The van der Waals surface area contributed by atoms with Gasteiger partial charge >= 0.3 is 0 Å². The molecule has 3 N–H and O–H groups in total. The van der Waals surface area contributed by atoms with Gasteiger partial charge in [0.1, 0.15) is 5.69 Å². The van der Waals surface area contributed by atoms with Crippen molar-refractivity contribution >= 4 is 22.4 Å². The van der Waals surface area contributed by atoms with Gasteiger partial charge in [-0.15, -0.1) is 11.3 Å². The molecule has 0 aliphatic carbocycles. The Kier molecular flexibility index (Phi) is 4.66. The number of amides is 1. The van der Waals surface area contributed by atoms with Crippen molar-refractivity contribution in [2.24, 2.45) is 0 Å². The van der Waals surface area contributed by atoms with Crippen molar-refractivity contribution in [2.45, 2.75) is 19.3 Å². The molecule has 7 heteroatoms. The lowest BCUT2D eigenvalue weighted by molar-refractivity contribution is -0.117. The largest absolute Gasteiger partial charge is 0.375 e. The molecular formula is C9H15N3O3S. The molecule has 0 spiro atoms. The van der Waals surface area contributed by atoms with Crippen LogP contribution in [-0.2, 0) is 9.47 Å². The molecule has 1 heterocycles. The van der Waals surface area contributed by atoms with Gasteiger partial charge in [-0.2, -0.15) is 0 Å². The van der Waals surface area contributed by atoms with E-state index in [4.69, 9.17) is 15.2 Å². The Morgan fingerprint density at radius 1 is 1.56 bits per heavy atom. The van der Waals surface area contributed by atoms with E-state index < -0.39 is 6.29 Å². The van der Waals surface area contributed by atoms with Crippen LogP contribution in [0.4, 0.5) is 5.13 Å². The van der Waals surface area contributed by atoms with Crippen LogP contribution in [0, 0.1) is 0 Å². The Morgan fingerprint density at radius 2 is 2.19 bits per heavy atom. The number of nitrogens with zero attached hydrogens (tertiary/aromatic N) is 1. The maximum Gasteiger partial charge on any atom is 0.271 e. The van der Waals surface area contributed by atoms with Gasteiger partial charge in [-0.05, 0) is 6.92 Å². The molecule has 0 bridgehead atoms. The van der Waals surface area contributed by atoms with E-state index in [0.29, 0.717) is 10.8 Å². The first-order chi connectivity index (χ1) is 7.58. The van der Waals surface area contributed by atoms with Crippen molar-refractivity contribution in [3.63, 3.8) is 0 Å². The Morgan fingerprint density at radius 3 is 2.62 bits per heavy atom. The molecule has 0 saturated heterocycles. The Balaban J connectivity index is 2.57. The fourth-order valence-corrected chi connectivity index (χ4v) is 1.79. The first-order valence-corrected chi connectivity index (χ1v) is 5.54. The van der Waals surface area contributed by atoms with E-state index in [0.717, 1.165) is 0 Å². The molecule has 1 amide bonds. The highest BCUT2D eigenvalue weighted by Gasteiger charge is 2.19. The summed E-state index contributed by atoms with van der Waals surface area (Å²) in [5, 5.41) is 4.68. The van der Waals surface area contributed by atoms with Gasteiger partial charge < -0.3 is 20.5 Å². The molecule has 0 aromatic carbocycles. The Hall–Kier alpha value is -1.18. The fourth-order valence-electron chi connectivity index (χ4n) is 1.25. The minimum atomic E-state index is -0.486. The quantitative estimate of drug-likeness (QED) is 0.736. The fraction of sp³-hybridized carbons (Fsp3) is 0.556. The van der Waals surface area contributed by atoms with E-state index in [-0.39, 0.29) is 11.9 Å². The van der Waals surface area contributed by atoms with Crippen molar-refractivity contribution in [3.8, 4) is 0 Å². The van der Waals surface area contributed by atoms with Gasteiger partial charge in [0.15, 0.2) is 11.4 Å². The second-order valence-electron chi connectivity index (χ2n) is 3.17. The molecule has 1 aromatic heterocycles. The van der Waals surface area contributed by atoms with E-state index in [1.165, 1.54) is 25.6 Å². The van der Waals surface area contributed by atoms with Gasteiger partial charge in [0.05, 0.1) is 6.04 Å². The molecule has 1 unspecified atom stereocenters. The average Bonchev–Trinajstić information content (AvgIpc) is 2.66. The van der Waals surface area contributed by atoms with Crippen LogP contribution >= 0.6 is 11.3 Å². The average molecular weight is 245 g/mol. The molecule has 0 aliphatic rings. The number of aromatic nitrogens is 1. The Labute approximate surface area is 97.8 Å². The molecule has 1 atom stereocenters. The molecule has 16 heavy (non-hydrogen) atoms.